The molecule has 0 spiro atoms. The molecule has 0 aliphatic carbocycles. The second-order valence-corrected chi connectivity index (χ2v) is 4.88. The molecule has 2 aromatic heterocycles. The van der Waals surface area contributed by atoms with Gasteiger partial charge in [-0.25, -0.2) is 4.98 Å². The van der Waals surface area contributed by atoms with Gasteiger partial charge in [0.25, 0.3) is 0 Å². The highest BCUT2D eigenvalue weighted by molar-refractivity contribution is 7.15. The third kappa shape index (κ3) is 2.97. The van der Waals surface area contributed by atoms with Crippen molar-refractivity contribution in [3.8, 4) is 0 Å². The number of nitrogens with zero attached hydrogens (tertiary/aromatic N) is 2. The predicted octanol–water partition coefficient (Wildman–Crippen LogP) is 1.15. The predicted molar refractivity (Wildman–Crippen MR) is 67.7 cm³/mol. The van der Waals surface area contributed by atoms with E-state index in [1.807, 2.05) is 16.0 Å². The van der Waals surface area contributed by atoms with Crippen LogP contribution in [0.1, 0.15) is 5.69 Å². The van der Waals surface area contributed by atoms with Crippen LogP contribution in [-0.4, -0.2) is 40.9 Å². The number of rotatable bonds is 6. The summed E-state index contributed by atoms with van der Waals surface area (Å²) in [6, 6.07) is 0. The van der Waals surface area contributed by atoms with Crippen molar-refractivity contribution in [2.75, 3.05) is 20.3 Å². The Hall–Kier alpha value is -0.660. The van der Waals surface area contributed by atoms with E-state index in [4.69, 9.17) is 16.3 Å². The molecule has 1 atom stereocenters. The average molecular weight is 276 g/mol. The first-order valence-electron chi connectivity index (χ1n) is 5.20. The van der Waals surface area contributed by atoms with E-state index in [0.717, 1.165) is 10.7 Å². The molecule has 0 fully saturated rings. The van der Waals surface area contributed by atoms with Gasteiger partial charge in [0.15, 0.2) is 10.1 Å². The Kier molecular flexibility index (Phi) is 4.36. The standard InChI is InChI=1S/C10H14ClN3O2S/c1-16-6-7(15)4-12-5-8-9(11)13-10-14(8)2-3-17-10/h2-3,7,12,15H,4-6H2,1H3. The van der Waals surface area contributed by atoms with Crippen molar-refractivity contribution in [1.29, 1.82) is 0 Å². The van der Waals surface area contributed by atoms with Crippen molar-refractivity contribution < 1.29 is 9.84 Å². The van der Waals surface area contributed by atoms with Gasteiger partial charge in [-0.3, -0.25) is 4.40 Å². The van der Waals surface area contributed by atoms with E-state index < -0.39 is 6.10 Å². The number of hydrogen-bond donors (Lipinski definition) is 2. The van der Waals surface area contributed by atoms with Gasteiger partial charge >= 0.3 is 0 Å². The summed E-state index contributed by atoms with van der Waals surface area (Å²) in [6.45, 7) is 1.35. The number of aliphatic hydroxyl groups excluding tert-OH is 1. The molecule has 5 nitrogen and oxygen atoms in total. The fraction of sp³-hybridized carbons (Fsp3) is 0.500. The highest BCUT2D eigenvalue weighted by Crippen LogP contribution is 2.20. The summed E-state index contributed by atoms with van der Waals surface area (Å²) in [5.41, 5.74) is 0.910. The van der Waals surface area contributed by atoms with E-state index >= 15 is 0 Å². The number of fused-ring (bicyclic) bond motifs is 1. The second-order valence-electron chi connectivity index (χ2n) is 3.64. The van der Waals surface area contributed by atoms with Crippen molar-refractivity contribution in [3.63, 3.8) is 0 Å². The van der Waals surface area contributed by atoms with Crippen LogP contribution >= 0.6 is 22.9 Å². The summed E-state index contributed by atoms with van der Waals surface area (Å²) in [6.07, 6.45) is 1.42. The minimum atomic E-state index is -0.510. The largest absolute Gasteiger partial charge is 0.389 e. The maximum atomic E-state index is 9.48. The molecule has 17 heavy (non-hydrogen) atoms. The van der Waals surface area contributed by atoms with Crippen molar-refractivity contribution >= 4 is 27.9 Å². The Balaban J connectivity index is 1.94. The lowest BCUT2D eigenvalue weighted by Crippen LogP contribution is -2.30. The van der Waals surface area contributed by atoms with Gasteiger partial charge in [-0.1, -0.05) is 11.6 Å². The number of aromatic nitrogens is 2. The third-order valence-corrected chi connectivity index (χ3v) is 3.40. The topological polar surface area (TPSA) is 58.8 Å². The molecular formula is C10H14ClN3O2S. The van der Waals surface area contributed by atoms with Crippen LogP contribution in [0.15, 0.2) is 11.6 Å². The number of hydrogen-bond acceptors (Lipinski definition) is 5. The first kappa shape index (κ1) is 12.8. The normalized spacial score (nSPS) is 13.4. The molecule has 0 aliphatic heterocycles. The molecule has 7 heteroatoms. The SMILES string of the molecule is COCC(O)CNCc1c(Cl)nc2sccn12. The number of imidazole rings is 1. The molecular weight excluding hydrogens is 262 g/mol. The molecule has 2 rings (SSSR count). The van der Waals surface area contributed by atoms with Crippen LogP contribution in [-0.2, 0) is 11.3 Å². The van der Waals surface area contributed by atoms with Gasteiger partial charge < -0.3 is 15.2 Å². The van der Waals surface area contributed by atoms with Gasteiger partial charge in [0, 0.05) is 31.8 Å². The van der Waals surface area contributed by atoms with Gasteiger partial charge in [0.1, 0.15) is 0 Å². The van der Waals surface area contributed by atoms with Crippen molar-refractivity contribution in [1.82, 2.24) is 14.7 Å². The molecule has 94 valence electrons. The maximum absolute atomic E-state index is 9.48. The van der Waals surface area contributed by atoms with Crippen LogP contribution in [0.2, 0.25) is 5.15 Å². The molecule has 2 N–H and O–H groups in total. The zero-order valence-corrected chi connectivity index (χ0v) is 11.0. The molecule has 0 aromatic carbocycles. The first-order chi connectivity index (χ1) is 8.22. The van der Waals surface area contributed by atoms with Crippen molar-refractivity contribution in [3.05, 3.63) is 22.4 Å². The maximum Gasteiger partial charge on any atom is 0.195 e. The summed E-state index contributed by atoms with van der Waals surface area (Å²) in [5.74, 6) is 0. The Bertz CT molecular complexity index is 485. The Labute approximate surface area is 108 Å². The molecule has 0 bridgehead atoms. The highest BCUT2D eigenvalue weighted by atomic mass is 35.5. The van der Waals surface area contributed by atoms with E-state index in [0.29, 0.717) is 24.8 Å². The van der Waals surface area contributed by atoms with Gasteiger partial charge in [-0.05, 0) is 0 Å². The highest BCUT2D eigenvalue weighted by Gasteiger charge is 2.11. The van der Waals surface area contributed by atoms with Crippen LogP contribution < -0.4 is 5.32 Å². The zero-order chi connectivity index (χ0) is 12.3. The average Bonchev–Trinajstić information content (AvgIpc) is 2.82. The Morgan fingerprint density at radius 1 is 1.71 bits per heavy atom. The summed E-state index contributed by atoms with van der Waals surface area (Å²) >= 11 is 7.57. The zero-order valence-electron chi connectivity index (χ0n) is 9.39. The lowest BCUT2D eigenvalue weighted by Gasteiger charge is -2.10. The minimum Gasteiger partial charge on any atom is -0.389 e. The van der Waals surface area contributed by atoms with Crippen LogP contribution in [0.25, 0.3) is 4.96 Å². The minimum absolute atomic E-state index is 0.320. The van der Waals surface area contributed by atoms with E-state index in [2.05, 4.69) is 10.3 Å². The van der Waals surface area contributed by atoms with Gasteiger partial charge in [-0.2, -0.15) is 0 Å². The van der Waals surface area contributed by atoms with Crippen LogP contribution in [0, 0.1) is 0 Å². The van der Waals surface area contributed by atoms with Crippen molar-refractivity contribution in [2.45, 2.75) is 12.6 Å². The first-order valence-corrected chi connectivity index (χ1v) is 6.45. The number of halogens is 1. The molecule has 2 aromatic rings. The quantitative estimate of drug-likeness (QED) is 0.830. The van der Waals surface area contributed by atoms with Gasteiger partial charge in [0.05, 0.1) is 18.4 Å². The lowest BCUT2D eigenvalue weighted by molar-refractivity contribution is 0.0643. The van der Waals surface area contributed by atoms with Crippen LogP contribution in [0.5, 0.6) is 0 Å². The summed E-state index contributed by atoms with van der Waals surface area (Å²) in [4.78, 5) is 5.11. The van der Waals surface area contributed by atoms with Gasteiger partial charge in [0.2, 0.25) is 0 Å². The van der Waals surface area contributed by atoms with E-state index in [-0.39, 0.29) is 0 Å². The number of thiazole rings is 1. The van der Waals surface area contributed by atoms with Crippen molar-refractivity contribution in [2.24, 2.45) is 0 Å². The third-order valence-electron chi connectivity index (χ3n) is 2.34. The lowest BCUT2D eigenvalue weighted by atomic mass is 10.3. The summed E-state index contributed by atoms with van der Waals surface area (Å²) in [5, 5.41) is 15.1. The van der Waals surface area contributed by atoms with Crippen LogP contribution in [0.3, 0.4) is 0 Å². The molecule has 0 saturated heterocycles. The van der Waals surface area contributed by atoms with E-state index in [1.165, 1.54) is 0 Å². The van der Waals surface area contributed by atoms with E-state index in [9.17, 15) is 5.11 Å². The monoisotopic (exact) mass is 275 g/mol. The molecule has 0 saturated carbocycles. The fourth-order valence-corrected chi connectivity index (χ4v) is 2.59. The summed E-state index contributed by atoms with van der Waals surface area (Å²) in [7, 11) is 1.56. The smallest absolute Gasteiger partial charge is 0.195 e. The van der Waals surface area contributed by atoms with E-state index in [1.54, 1.807) is 18.4 Å². The summed E-state index contributed by atoms with van der Waals surface area (Å²) < 4.78 is 6.79. The van der Waals surface area contributed by atoms with Gasteiger partial charge in [-0.15, -0.1) is 11.3 Å². The second kappa shape index (κ2) is 5.79. The Morgan fingerprint density at radius 3 is 3.29 bits per heavy atom. The molecule has 0 radical (unpaired) electrons. The fourth-order valence-electron chi connectivity index (χ4n) is 1.57. The molecule has 0 amide bonds. The number of nitrogens with one attached hydrogen (secondary N) is 1. The number of ether oxygens (including phenoxy) is 1. The number of aliphatic hydroxyl groups is 1. The van der Waals surface area contributed by atoms with Crippen LogP contribution in [0.4, 0.5) is 0 Å². The number of methoxy groups -OCH3 is 1. The Morgan fingerprint density at radius 2 is 2.53 bits per heavy atom. The molecule has 2 heterocycles. The molecule has 1 unspecified atom stereocenters. The molecule has 0 aliphatic rings.